The maximum absolute atomic E-state index is 12.4. The predicted molar refractivity (Wildman–Crippen MR) is 132 cm³/mol. The van der Waals surface area contributed by atoms with Gasteiger partial charge in [0.15, 0.2) is 5.65 Å². The molecule has 0 radical (unpaired) electrons. The van der Waals surface area contributed by atoms with Gasteiger partial charge in [0.2, 0.25) is 0 Å². The number of hydrogen-bond donors (Lipinski definition) is 3. The van der Waals surface area contributed by atoms with Crippen molar-refractivity contribution in [1.82, 2.24) is 29.9 Å². The first-order valence-corrected chi connectivity index (χ1v) is 12.5. The number of rotatable bonds is 7. The molecule has 4 heterocycles. The van der Waals surface area contributed by atoms with Gasteiger partial charge in [-0.15, -0.1) is 0 Å². The molecule has 1 aliphatic carbocycles. The Bertz CT molecular complexity index is 1350. The summed E-state index contributed by atoms with van der Waals surface area (Å²) in [5.74, 6) is 0.495. The third-order valence-electron chi connectivity index (χ3n) is 7.18. The number of fused-ring (bicyclic) bond motifs is 2. The highest BCUT2D eigenvalue weighted by Crippen LogP contribution is 2.38. The van der Waals surface area contributed by atoms with Gasteiger partial charge < -0.3 is 15.4 Å². The highest BCUT2D eigenvalue weighted by Gasteiger charge is 2.28. The number of nitrogens with zero attached hydrogens (tertiary/aromatic N) is 4. The summed E-state index contributed by atoms with van der Waals surface area (Å²) in [7, 11) is 0. The summed E-state index contributed by atoms with van der Waals surface area (Å²) in [6.45, 7) is 4.12. The minimum Gasteiger partial charge on any atom is -0.392 e. The van der Waals surface area contributed by atoms with Crippen LogP contribution in [-0.2, 0) is 6.61 Å². The second kappa shape index (κ2) is 9.82. The van der Waals surface area contributed by atoms with Crippen molar-refractivity contribution in [3.63, 3.8) is 0 Å². The molecule has 36 heavy (non-hydrogen) atoms. The van der Waals surface area contributed by atoms with E-state index in [0.29, 0.717) is 17.1 Å². The molecule has 0 atom stereocenters. The monoisotopic (exact) mass is 500 g/mol. The van der Waals surface area contributed by atoms with Gasteiger partial charge in [0.05, 0.1) is 29.8 Å². The quantitative estimate of drug-likeness (QED) is 0.314. The lowest BCUT2D eigenvalue weighted by atomic mass is 9.83. The number of H-pyrrole nitrogens is 1. The molecule has 0 bridgehead atoms. The Morgan fingerprint density at radius 2 is 1.97 bits per heavy atom. The van der Waals surface area contributed by atoms with Gasteiger partial charge in [0.1, 0.15) is 6.33 Å². The number of pyridine rings is 2. The highest BCUT2D eigenvalue weighted by molar-refractivity contribution is 5.88. The Morgan fingerprint density at radius 3 is 2.67 bits per heavy atom. The van der Waals surface area contributed by atoms with Crippen LogP contribution in [0.15, 0.2) is 30.7 Å². The molecule has 0 saturated heterocycles. The maximum Gasteiger partial charge on any atom is 0.390 e. The number of aliphatic hydroxyl groups excluding tert-OH is 1. The summed E-state index contributed by atoms with van der Waals surface area (Å²) in [6.07, 6.45) is 1.97. The molecule has 0 unspecified atom stereocenters. The molecule has 10 heteroatoms. The molecule has 4 aromatic rings. The molecular weight excluding hydrogens is 469 g/mol. The fraction of sp³-hybridized carbons (Fsp3) is 0.500. The number of nitrogens with one attached hydrogen (secondary N) is 2. The molecule has 0 aliphatic heterocycles. The van der Waals surface area contributed by atoms with Crippen molar-refractivity contribution in [3.05, 3.63) is 47.5 Å². The Labute approximate surface area is 207 Å². The molecule has 1 fully saturated rings. The number of hydrogen-bond acceptors (Lipinski definition) is 5. The topological polar surface area (TPSA) is 91.1 Å². The molecule has 0 spiro atoms. The van der Waals surface area contributed by atoms with Crippen molar-refractivity contribution in [2.45, 2.75) is 76.6 Å². The van der Waals surface area contributed by atoms with Crippen molar-refractivity contribution in [2.24, 2.45) is 0 Å². The zero-order chi connectivity index (χ0) is 25.4. The Morgan fingerprint density at radius 1 is 1.19 bits per heavy atom. The van der Waals surface area contributed by atoms with E-state index in [1.54, 1.807) is 4.52 Å². The summed E-state index contributed by atoms with van der Waals surface area (Å²) < 4.78 is 39.0. The largest absolute Gasteiger partial charge is 0.392 e. The fourth-order valence-electron chi connectivity index (χ4n) is 5.38. The molecule has 3 N–H and O–H groups in total. The van der Waals surface area contributed by atoms with E-state index >= 15 is 0 Å². The van der Waals surface area contributed by atoms with Crippen LogP contribution in [0.1, 0.15) is 74.6 Å². The van der Waals surface area contributed by atoms with E-state index in [-0.39, 0.29) is 25.1 Å². The molecule has 0 aromatic carbocycles. The first-order chi connectivity index (χ1) is 17.2. The van der Waals surface area contributed by atoms with Crippen molar-refractivity contribution in [3.8, 4) is 11.3 Å². The van der Waals surface area contributed by atoms with Gasteiger partial charge in [-0.05, 0) is 49.8 Å². The molecule has 192 valence electrons. The zero-order valence-electron chi connectivity index (χ0n) is 20.4. The van der Waals surface area contributed by atoms with Crippen LogP contribution in [0, 0.1) is 0 Å². The SMILES string of the molecule is CC(C)c1c(-c2cc(CO)c3ncnn3c2)[nH]c2ccc(C3CCC(NCCC(F)(F)F)CC3)nc12. The van der Waals surface area contributed by atoms with Crippen molar-refractivity contribution >= 4 is 16.7 Å². The summed E-state index contributed by atoms with van der Waals surface area (Å²) in [6, 6.07) is 6.20. The Hall–Kier alpha value is -2.98. The van der Waals surface area contributed by atoms with Gasteiger partial charge in [-0.1, -0.05) is 13.8 Å². The number of halogens is 3. The third-order valence-corrected chi connectivity index (χ3v) is 7.18. The van der Waals surface area contributed by atoms with Crippen LogP contribution < -0.4 is 5.32 Å². The van der Waals surface area contributed by atoms with Gasteiger partial charge >= 0.3 is 6.18 Å². The van der Waals surface area contributed by atoms with Crippen LogP contribution in [0.5, 0.6) is 0 Å². The van der Waals surface area contributed by atoms with E-state index in [9.17, 15) is 18.3 Å². The standard InChI is InChI=1S/C26H31F3N6O/c1-15(2)22-23(17-11-18(13-36)25-31-14-32-35(25)12-17)34-21-8-7-20(33-24(21)22)16-3-5-19(6-4-16)30-10-9-26(27,28)29/h7-8,11-12,14-16,19,30,34,36H,3-6,9-10,13H2,1-2H3. The molecule has 1 aliphatic rings. The van der Waals surface area contributed by atoms with Gasteiger partial charge in [-0.25, -0.2) is 9.50 Å². The van der Waals surface area contributed by atoms with E-state index < -0.39 is 12.6 Å². The van der Waals surface area contributed by atoms with Gasteiger partial charge in [-0.2, -0.15) is 18.3 Å². The predicted octanol–water partition coefficient (Wildman–Crippen LogP) is 5.46. The number of aromatic nitrogens is 5. The van der Waals surface area contributed by atoms with Crippen LogP contribution in [0.3, 0.4) is 0 Å². The second-order valence-electron chi connectivity index (χ2n) is 10.0. The third kappa shape index (κ3) is 4.97. The molecule has 7 nitrogen and oxygen atoms in total. The normalized spacial score (nSPS) is 19.1. The lowest BCUT2D eigenvalue weighted by Gasteiger charge is -2.29. The fourth-order valence-corrected chi connectivity index (χ4v) is 5.38. The highest BCUT2D eigenvalue weighted by atomic mass is 19.4. The van der Waals surface area contributed by atoms with E-state index in [0.717, 1.165) is 59.2 Å². The molecular formula is C26H31F3N6O. The first kappa shape index (κ1) is 24.7. The Kier molecular flexibility index (Phi) is 6.74. The second-order valence-corrected chi connectivity index (χ2v) is 10.0. The summed E-state index contributed by atoms with van der Waals surface area (Å²) >= 11 is 0. The van der Waals surface area contributed by atoms with E-state index in [1.165, 1.54) is 6.33 Å². The smallest absolute Gasteiger partial charge is 0.390 e. The Balaban J connectivity index is 1.40. The molecule has 0 amide bonds. The number of aliphatic hydroxyl groups is 1. The summed E-state index contributed by atoms with van der Waals surface area (Å²) in [4.78, 5) is 12.9. The van der Waals surface area contributed by atoms with Crippen molar-refractivity contribution < 1.29 is 18.3 Å². The summed E-state index contributed by atoms with van der Waals surface area (Å²) in [5, 5.41) is 17.2. The van der Waals surface area contributed by atoms with Crippen LogP contribution >= 0.6 is 0 Å². The number of aromatic amines is 1. The average molecular weight is 501 g/mol. The molecule has 5 rings (SSSR count). The summed E-state index contributed by atoms with van der Waals surface area (Å²) in [5.41, 5.74) is 7.22. The molecule has 4 aromatic heterocycles. The van der Waals surface area contributed by atoms with E-state index in [2.05, 4.69) is 46.4 Å². The van der Waals surface area contributed by atoms with Crippen LogP contribution in [0.25, 0.3) is 27.9 Å². The van der Waals surface area contributed by atoms with Crippen molar-refractivity contribution in [1.29, 1.82) is 0 Å². The van der Waals surface area contributed by atoms with Crippen LogP contribution in [-0.4, -0.2) is 48.4 Å². The minimum absolute atomic E-state index is 0.0225. The lowest BCUT2D eigenvalue weighted by molar-refractivity contribution is -0.133. The first-order valence-electron chi connectivity index (χ1n) is 12.5. The van der Waals surface area contributed by atoms with E-state index in [1.807, 2.05) is 12.3 Å². The maximum atomic E-state index is 12.4. The van der Waals surface area contributed by atoms with Crippen LogP contribution in [0.2, 0.25) is 0 Å². The minimum atomic E-state index is -4.12. The van der Waals surface area contributed by atoms with Gasteiger partial charge in [-0.3, -0.25) is 4.98 Å². The van der Waals surface area contributed by atoms with Gasteiger partial charge in [0.25, 0.3) is 0 Å². The van der Waals surface area contributed by atoms with Crippen molar-refractivity contribution in [2.75, 3.05) is 6.54 Å². The van der Waals surface area contributed by atoms with Crippen LogP contribution in [0.4, 0.5) is 13.2 Å². The number of alkyl halides is 3. The lowest BCUT2D eigenvalue weighted by Crippen LogP contribution is -2.35. The molecule has 1 saturated carbocycles. The van der Waals surface area contributed by atoms with Gasteiger partial charge in [0, 0.05) is 47.1 Å². The van der Waals surface area contributed by atoms with E-state index in [4.69, 9.17) is 4.98 Å². The average Bonchev–Trinajstić information content (AvgIpc) is 3.47. The zero-order valence-corrected chi connectivity index (χ0v) is 20.4.